The number of rotatable bonds is 2. The molecule has 0 spiro atoms. The summed E-state index contributed by atoms with van der Waals surface area (Å²) in [5, 5.41) is 0.919. The molecule has 0 fully saturated rings. The van der Waals surface area contributed by atoms with Gasteiger partial charge in [0.2, 0.25) is 0 Å². The molecule has 1 aliphatic heterocycles. The van der Waals surface area contributed by atoms with Gasteiger partial charge in [-0.05, 0) is 37.3 Å². The van der Waals surface area contributed by atoms with Gasteiger partial charge in [-0.1, -0.05) is 6.07 Å². The third-order valence-electron chi connectivity index (χ3n) is 3.83. The molecule has 0 saturated carbocycles. The number of aromatic nitrogens is 2. The molecule has 5 heteroatoms. The predicted octanol–water partition coefficient (Wildman–Crippen LogP) is 3.64. The number of benzene rings is 1. The van der Waals surface area contributed by atoms with Gasteiger partial charge >= 0.3 is 0 Å². The fourth-order valence-electron chi connectivity index (χ4n) is 2.61. The summed E-state index contributed by atoms with van der Waals surface area (Å²) in [6.45, 7) is 1.71. The largest absolute Gasteiger partial charge is 0.456 e. The van der Waals surface area contributed by atoms with Gasteiger partial charge in [0.1, 0.15) is 11.5 Å². The maximum atomic E-state index is 11.9. The smallest absolute Gasteiger partial charge is 0.181 e. The predicted molar refractivity (Wildman–Crippen MR) is 87.5 cm³/mol. The molecule has 1 aliphatic rings. The number of carbonyl (C=O) groups is 1. The molecule has 0 N–H and O–H groups in total. The molecular weight excluding hydrogens is 290 g/mol. The maximum absolute atomic E-state index is 11.9. The quantitative estimate of drug-likeness (QED) is 0.725. The lowest BCUT2D eigenvalue weighted by Gasteiger charge is -2.16. The molecule has 0 aliphatic carbocycles. The van der Waals surface area contributed by atoms with Crippen LogP contribution in [0.15, 0.2) is 53.8 Å². The van der Waals surface area contributed by atoms with E-state index in [4.69, 9.17) is 4.74 Å². The average molecular weight is 303 g/mol. The van der Waals surface area contributed by atoms with Gasteiger partial charge < -0.3 is 4.74 Å². The van der Waals surface area contributed by atoms with Crippen molar-refractivity contribution in [1.82, 2.24) is 9.97 Å². The van der Waals surface area contributed by atoms with Crippen LogP contribution in [0.4, 0.5) is 5.82 Å². The number of hydrogen-bond donors (Lipinski definition) is 0. The van der Waals surface area contributed by atoms with Crippen molar-refractivity contribution < 1.29 is 9.53 Å². The van der Waals surface area contributed by atoms with Crippen LogP contribution >= 0.6 is 0 Å². The topological polar surface area (TPSA) is 64.4 Å². The summed E-state index contributed by atoms with van der Waals surface area (Å²) in [5.41, 5.74) is 2.07. The number of nitrogens with zero attached hydrogens (tertiary/aromatic N) is 3. The Morgan fingerprint density at radius 1 is 1.00 bits per heavy atom. The van der Waals surface area contributed by atoms with Gasteiger partial charge in [0.15, 0.2) is 11.6 Å². The second-order valence-corrected chi connectivity index (χ2v) is 5.34. The number of hydrogen-bond acceptors (Lipinski definition) is 5. The minimum absolute atomic E-state index is 0.00469. The standard InChI is InChI=1S/C18H13N3O2/c1-11-15(22)10-13-17(7-9-20-18(13)21-11)23-16-6-2-5-14-12(16)4-3-8-19-14/h2-9H,10H2,1H3. The third-order valence-corrected chi connectivity index (χ3v) is 3.83. The van der Waals surface area contributed by atoms with Gasteiger partial charge in [0, 0.05) is 29.8 Å². The Hall–Kier alpha value is -3.08. The normalized spacial score (nSPS) is 13.6. The Bertz CT molecular complexity index is 958. The van der Waals surface area contributed by atoms with Crippen LogP contribution in [0.3, 0.4) is 0 Å². The van der Waals surface area contributed by atoms with E-state index in [0.717, 1.165) is 16.5 Å². The Morgan fingerprint density at radius 2 is 1.91 bits per heavy atom. The number of ether oxygens (including phenoxy) is 1. The van der Waals surface area contributed by atoms with Gasteiger partial charge in [0.25, 0.3) is 0 Å². The first-order valence-electron chi connectivity index (χ1n) is 7.30. The number of pyridine rings is 2. The molecular formula is C18H13N3O2. The van der Waals surface area contributed by atoms with Crippen molar-refractivity contribution in [2.24, 2.45) is 4.99 Å². The van der Waals surface area contributed by atoms with Crippen molar-refractivity contribution in [3.05, 3.63) is 54.4 Å². The summed E-state index contributed by atoms with van der Waals surface area (Å²) < 4.78 is 6.07. The van der Waals surface area contributed by atoms with E-state index in [0.29, 0.717) is 23.0 Å². The first-order chi connectivity index (χ1) is 11.2. The van der Waals surface area contributed by atoms with Crippen LogP contribution < -0.4 is 4.74 Å². The van der Waals surface area contributed by atoms with E-state index in [1.54, 1.807) is 25.4 Å². The van der Waals surface area contributed by atoms with Crippen LogP contribution in [0.1, 0.15) is 12.5 Å². The molecule has 23 heavy (non-hydrogen) atoms. The van der Waals surface area contributed by atoms with Crippen LogP contribution in [0.2, 0.25) is 0 Å². The molecule has 3 heterocycles. The zero-order chi connectivity index (χ0) is 15.8. The van der Waals surface area contributed by atoms with E-state index in [2.05, 4.69) is 15.0 Å². The van der Waals surface area contributed by atoms with Gasteiger partial charge in [-0.15, -0.1) is 0 Å². The van der Waals surface area contributed by atoms with Crippen LogP contribution in [0.25, 0.3) is 10.9 Å². The molecule has 0 radical (unpaired) electrons. The van der Waals surface area contributed by atoms with E-state index in [9.17, 15) is 4.79 Å². The fraction of sp³-hybridized carbons (Fsp3) is 0.111. The van der Waals surface area contributed by atoms with E-state index < -0.39 is 0 Å². The van der Waals surface area contributed by atoms with Crippen molar-refractivity contribution in [2.75, 3.05) is 0 Å². The second-order valence-electron chi connectivity index (χ2n) is 5.34. The van der Waals surface area contributed by atoms with Gasteiger partial charge in [-0.3, -0.25) is 9.78 Å². The number of Topliss-reactive ketones (excluding diaryl/α,β-unsaturated/α-hetero) is 1. The van der Waals surface area contributed by atoms with Crippen LogP contribution in [-0.4, -0.2) is 21.5 Å². The second kappa shape index (κ2) is 5.28. The number of ketones is 1. The number of carbonyl (C=O) groups excluding carboxylic acids is 1. The highest BCUT2D eigenvalue weighted by atomic mass is 16.5. The van der Waals surface area contributed by atoms with Gasteiger partial charge in [-0.25, -0.2) is 9.98 Å². The lowest BCUT2D eigenvalue weighted by molar-refractivity contribution is -0.112. The summed E-state index contributed by atoms with van der Waals surface area (Å²) in [6.07, 6.45) is 3.65. The van der Waals surface area contributed by atoms with E-state index in [-0.39, 0.29) is 12.2 Å². The number of aliphatic imine (C=N–C) groups is 1. The molecule has 0 saturated heterocycles. The molecule has 112 valence electrons. The maximum Gasteiger partial charge on any atom is 0.181 e. The summed E-state index contributed by atoms with van der Waals surface area (Å²) in [6, 6.07) is 11.3. The monoisotopic (exact) mass is 303 g/mol. The molecule has 4 rings (SSSR count). The average Bonchev–Trinajstić information content (AvgIpc) is 2.57. The van der Waals surface area contributed by atoms with Crippen molar-refractivity contribution in [3.8, 4) is 11.5 Å². The van der Waals surface area contributed by atoms with Gasteiger partial charge in [-0.2, -0.15) is 0 Å². The lowest BCUT2D eigenvalue weighted by atomic mass is 10.0. The van der Waals surface area contributed by atoms with Gasteiger partial charge in [0.05, 0.1) is 11.2 Å². The van der Waals surface area contributed by atoms with E-state index in [1.165, 1.54) is 0 Å². The zero-order valence-electron chi connectivity index (χ0n) is 12.5. The summed E-state index contributed by atoms with van der Waals surface area (Å²) in [7, 11) is 0. The fourth-order valence-corrected chi connectivity index (χ4v) is 2.61. The third kappa shape index (κ3) is 2.36. The van der Waals surface area contributed by atoms with Crippen molar-refractivity contribution in [3.63, 3.8) is 0 Å². The highest BCUT2D eigenvalue weighted by Gasteiger charge is 2.22. The first-order valence-corrected chi connectivity index (χ1v) is 7.30. The molecule has 0 unspecified atom stereocenters. The summed E-state index contributed by atoms with van der Waals surface area (Å²) in [4.78, 5) is 24.8. The van der Waals surface area contributed by atoms with E-state index in [1.807, 2.05) is 30.3 Å². The zero-order valence-corrected chi connectivity index (χ0v) is 12.5. The molecule has 5 nitrogen and oxygen atoms in total. The van der Waals surface area contributed by atoms with Crippen molar-refractivity contribution >= 4 is 28.2 Å². The summed E-state index contributed by atoms with van der Waals surface area (Å²) in [5.74, 6) is 1.85. The molecule has 1 aromatic carbocycles. The first kappa shape index (κ1) is 13.6. The molecule has 0 atom stereocenters. The Balaban J connectivity index is 1.81. The van der Waals surface area contributed by atoms with Crippen LogP contribution in [0, 0.1) is 0 Å². The molecule has 3 aromatic rings. The Labute approximate surface area is 132 Å². The SMILES string of the molecule is CC1=Nc2nccc(Oc3cccc4ncccc34)c2CC1=O. The van der Waals surface area contributed by atoms with Crippen molar-refractivity contribution in [2.45, 2.75) is 13.3 Å². The summed E-state index contributed by atoms with van der Waals surface area (Å²) >= 11 is 0. The molecule has 0 bridgehead atoms. The number of fused-ring (bicyclic) bond motifs is 2. The molecule has 2 aromatic heterocycles. The Kier molecular flexibility index (Phi) is 3.12. The Morgan fingerprint density at radius 3 is 2.83 bits per heavy atom. The lowest BCUT2D eigenvalue weighted by Crippen LogP contribution is -2.17. The minimum atomic E-state index is -0.00469. The van der Waals surface area contributed by atoms with E-state index >= 15 is 0 Å². The molecule has 0 amide bonds. The highest BCUT2D eigenvalue weighted by molar-refractivity contribution is 6.40. The van der Waals surface area contributed by atoms with Crippen LogP contribution in [0.5, 0.6) is 11.5 Å². The van der Waals surface area contributed by atoms with Crippen LogP contribution in [-0.2, 0) is 11.2 Å². The van der Waals surface area contributed by atoms with Crippen molar-refractivity contribution in [1.29, 1.82) is 0 Å². The highest BCUT2D eigenvalue weighted by Crippen LogP contribution is 2.35. The minimum Gasteiger partial charge on any atom is -0.456 e.